The number of hydrogen-bond acceptors (Lipinski definition) is 4. The van der Waals surface area contributed by atoms with Crippen molar-refractivity contribution in [2.24, 2.45) is 40.4 Å². The van der Waals surface area contributed by atoms with E-state index in [9.17, 15) is 15.0 Å². The van der Waals surface area contributed by atoms with Crippen molar-refractivity contribution < 1.29 is 19.7 Å². The number of esters is 1. The molecule has 0 radical (unpaired) electrons. The predicted octanol–water partition coefficient (Wildman–Crippen LogP) is 3.15. The molecule has 0 aromatic rings. The number of fused-ring (bicyclic) bond motifs is 5. The lowest BCUT2D eigenvalue weighted by Crippen LogP contribution is -2.59. The minimum atomic E-state index is -0.423. The summed E-state index contributed by atoms with van der Waals surface area (Å²) in [7, 11) is 1.47. The van der Waals surface area contributed by atoms with Crippen LogP contribution in [0.3, 0.4) is 0 Å². The van der Waals surface area contributed by atoms with Gasteiger partial charge in [-0.05, 0) is 80.5 Å². The first-order valence-corrected chi connectivity index (χ1v) is 10.3. The Morgan fingerprint density at radius 2 is 1.76 bits per heavy atom. The molecule has 0 aromatic heterocycles. The van der Waals surface area contributed by atoms with Gasteiger partial charge in [0.15, 0.2) is 0 Å². The summed E-state index contributed by atoms with van der Waals surface area (Å²) in [6.07, 6.45) is 7.45. The average Bonchev–Trinajstić information content (AvgIpc) is 2.95. The molecule has 4 fully saturated rings. The molecule has 4 heteroatoms. The fourth-order valence-electron chi connectivity index (χ4n) is 7.73. The Morgan fingerprint density at radius 1 is 1.00 bits per heavy atom. The van der Waals surface area contributed by atoms with Crippen LogP contribution in [0.1, 0.15) is 65.2 Å². The van der Waals surface area contributed by atoms with E-state index in [1.807, 2.05) is 0 Å². The van der Waals surface area contributed by atoms with Crippen molar-refractivity contribution in [1.82, 2.24) is 0 Å². The maximum atomic E-state index is 12.3. The second kappa shape index (κ2) is 5.95. The molecule has 9 atom stereocenters. The molecule has 0 bridgehead atoms. The first-order chi connectivity index (χ1) is 11.8. The topological polar surface area (TPSA) is 66.8 Å². The Labute approximate surface area is 151 Å². The molecule has 4 nitrogen and oxygen atoms in total. The van der Waals surface area contributed by atoms with Crippen molar-refractivity contribution in [3.8, 4) is 0 Å². The van der Waals surface area contributed by atoms with Crippen LogP contribution in [0.5, 0.6) is 0 Å². The Balaban J connectivity index is 1.65. The van der Waals surface area contributed by atoms with Gasteiger partial charge in [0.05, 0.1) is 25.2 Å². The molecule has 2 N–H and O–H groups in total. The number of rotatable bonds is 1. The number of methoxy groups -OCH3 is 1. The first-order valence-electron chi connectivity index (χ1n) is 10.3. The lowest BCUT2D eigenvalue weighted by Gasteiger charge is -2.62. The Kier molecular flexibility index (Phi) is 4.23. The van der Waals surface area contributed by atoms with Crippen LogP contribution in [0, 0.1) is 40.4 Å². The molecule has 4 saturated carbocycles. The van der Waals surface area contributed by atoms with Crippen LogP contribution in [-0.2, 0) is 9.53 Å². The van der Waals surface area contributed by atoms with Crippen LogP contribution in [-0.4, -0.2) is 35.5 Å². The predicted molar refractivity (Wildman–Crippen MR) is 94.6 cm³/mol. The smallest absolute Gasteiger partial charge is 0.309 e. The summed E-state index contributed by atoms with van der Waals surface area (Å²) >= 11 is 0. The zero-order valence-corrected chi connectivity index (χ0v) is 15.9. The van der Waals surface area contributed by atoms with E-state index in [4.69, 9.17) is 4.74 Å². The molecule has 0 aliphatic heterocycles. The first kappa shape index (κ1) is 17.8. The summed E-state index contributed by atoms with van der Waals surface area (Å²) in [5, 5.41) is 21.3. The Bertz CT molecular complexity index is 548. The molecule has 0 heterocycles. The van der Waals surface area contributed by atoms with Gasteiger partial charge in [0.25, 0.3) is 0 Å². The van der Waals surface area contributed by atoms with Crippen molar-refractivity contribution in [3.63, 3.8) is 0 Å². The highest BCUT2D eigenvalue weighted by atomic mass is 16.5. The van der Waals surface area contributed by atoms with E-state index in [0.29, 0.717) is 23.7 Å². The maximum absolute atomic E-state index is 12.3. The monoisotopic (exact) mass is 350 g/mol. The average molecular weight is 350 g/mol. The second-order valence-corrected chi connectivity index (χ2v) is 9.86. The van der Waals surface area contributed by atoms with E-state index in [1.54, 1.807) is 0 Å². The zero-order chi connectivity index (χ0) is 18.0. The van der Waals surface area contributed by atoms with Gasteiger partial charge in [-0.2, -0.15) is 0 Å². The molecule has 0 aromatic carbocycles. The van der Waals surface area contributed by atoms with Crippen LogP contribution < -0.4 is 0 Å². The standard InChI is InChI=1S/C21H34O4/c1-20-9-8-13(22)10-12(20)4-5-14-15-6-7-16(19(24)25-3)21(15,2)18(23)11-17(14)20/h12-18,22-23H,4-11H2,1-3H3/t12-,13-,14+,15-,16+,17+,18+,20+,21+/m1/s1. The molecular formula is C21H34O4. The minimum absolute atomic E-state index is 0.136. The van der Waals surface area contributed by atoms with Crippen molar-refractivity contribution in [2.45, 2.75) is 77.4 Å². The fraction of sp³-hybridized carbons (Fsp3) is 0.952. The summed E-state index contributed by atoms with van der Waals surface area (Å²) in [6, 6.07) is 0. The number of ether oxygens (including phenoxy) is 1. The minimum Gasteiger partial charge on any atom is -0.469 e. The van der Waals surface area contributed by atoms with Gasteiger partial charge < -0.3 is 14.9 Å². The number of aliphatic hydroxyl groups is 2. The summed E-state index contributed by atoms with van der Waals surface area (Å²) in [5.74, 6) is 1.87. The number of carbonyl (C=O) groups is 1. The van der Waals surface area contributed by atoms with Gasteiger partial charge in [0.2, 0.25) is 0 Å². The summed E-state index contributed by atoms with van der Waals surface area (Å²) < 4.78 is 5.07. The molecule has 4 aliphatic rings. The summed E-state index contributed by atoms with van der Waals surface area (Å²) in [6.45, 7) is 4.56. The molecule has 0 spiro atoms. The van der Waals surface area contributed by atoms with Crippen LogP contribution in [0.4, 0.5) is 0 Å². The SMILES string of the molecule is COC(=O)[C@@H]1CC[C@@H]2[C@@H]3CC[C@@H]4C[C@H](O)CC[C@]4(C)[C@H]3C[C@H](O)[C@@]21C. The van der Waals surface area contributed by atoms with Crippen molar-refractivity contribution in [3.05, 3.63) is 0 Å². The number of carbonyl (C=O) groups excluding carboxylic acids is 1. The Morgan fingerprint density at radius 3 is 2.48 bits per heavy atom. The van der Waals surface area contributed by atoms with E-state index in [1.165, 1.54) is 20.0 Å². The lowest BCUT2D eigenvalue weighted by molar-refractivity contribution is -0.182. The largest absolute Gasteiger partial charge is 0.469 e. The van der Waals surface area contributed by atoms with Gasteiger partial charge in [0.1, 0.15) is 0 Å². The van der Waals surface area contributed by atoms with Gasteiger partial charge in [-0.1, -0.05) is 13.8 Å². The lowest BCUT2D eigenvalue weighted by atomic mass is 9.44. The van der Waals surface area contributed by atoms with Crippen LogP contribution in [0.15, 0.2) is 0 Å². The zero-order valence-electron chi connectivity index (χ0n) is 15.9. The van der Waals surface area contributed by atoms with E-state index in [2.05, 4.69) is 13.8 Å². The third-order valence-electron chi connectivity index (χ3n) is 9.23. The molecular weight excluding hydrogens is 316 g/mol. The van der Waals surface area contributed by atoms with Crippen LogP contribution in [0.2, 0.25) is 0 Å². The molecule has 0 amide bonds. The van der Waals surface area contributed by atoms with Gasteiger partial charge in [0, 0.05) is 5.41 Å². The van der Waals surface area contributed by atoms with E-state index in [-0.39, 0.29) is 28.8 Å². The van der Waals surface area contributed by atoms with Gasteiger partial charge >= 0.3 is 5.97 Å². The normalized spacial score (nSPS) is 55.0. The third kappa shape index (κ3) is 2.36. The fourth-order valence-corrected chi connectivity index (χ4v) is 7.73. The van der Waals surface area contributed by atoms with Crippen molar-refractivity contribution in [1.29, 1.82) is 0 Å². The molecule has 4 aliphatic carbocycles. The van der Waals surface area contributed by atoms with Crippen molar-refractivity contribution >= 4 is 5.97 Å². The van der Waals surface area contributed by atoms with Gasteiger partial charge in [-0.3, -0.25) is 4.79 Å². The molecule has 4 rings (SSSR count). The number of hydrogen-bond donors (Lipinski definition) is 2. The summed E-state index contributed by atoms with van der Waals surface area (Å²) in [4.78, 5) is 12.3. The Hall–Kier alpha value is -0.610. The molecule has 0 unspecified atom stereocenters. The summed E-state index contributed by atoms with van der Waals surface area (Å²) in [5.41, 5.74) is -0.0839. The number of aliphatic hydroxyl groups excluding tert-OH is 2. The van der Waals surface area contributed by atoms with E-state index < -0.39 is 6.10 Å². The molecule has 142 valence electrons. The third-order valence-corrected chi connectivity index (χ3v) is 9.23. The molecule has 0 saturated heterocycles. The highest BCUT2D eigenvalue weighted by Crippen LogP contribution is 2.67. The van der Waals surface area contributed by atoms with Crippen LogP contribution >= 0.6 is 0 Å². The van der Waals surface area contributed by atoms with Crippen molar-refractivity contribution in [2.75, 3.05) is 7.11 Å². The van der Waals surface area contributed by atoms with E-state index in [0.717, 1.165) is 38.5 Å². The maximum Gasteiger partial charge on any atom is 0.309 e. The second-order valence-electron chi connectivity index (χ2n) is 9.86. The highest BCUT2D eigenvalue weighted by molar-refractivity contribution is 5.74. The van der Waals surface area contributed by atoms with E-state index >= 15 is 0 Å². The van der Waals surface area contributed by atoms with Gasteiger partial charge in [-0.25, -0.2) is 0 Å². The van der Waals surface area contributed by atoms with Crippen LogP contribution in [0.25, 0.3) is 0 Å². The highest BCUT2D eigenvalue weighted by Gasteiger charge is 2.64. The quantitative estimate of drug-likeness (QED) is 0.713. The molecule has 25 heavy (non-hydrogen) atoms. The van der Waals surface area contributed by atoms with Gasteiger partial charge in [-0.15, -0.1) is 0 Å².